The summed E-state index contributed by atoms with van der Waals surface area (Å²) in [4.78, 5) is 17.2. The molecule has 5 nitrogen and oxygen atoms in total. The first-order valence-electron chi connectivity index (χ1n) is 9.59. The van der Waals surface area contributed by atoms with Crippen LogP contribution >= 0.6 is 12.4 Å². The van der Waals surface area contributed by atoms with Crippen LogP contribution in [-0.2, 0) is 20.0 Å². The lowest BCUT2D eigenvalue weighted by Gasteiger charge is -2.14. The first-order valence-corrected chi connectivity index (χ1v) is 9.59. The van der Waals surface area contributed by atoms with E-state index in [4.69, 9.17) is 0 Å². The summed E-state index contributed by atoms with van der Waals surface area (Å²) in [5.41, 5.74) is 7.51. The quantitative estimate of drug-likeness (QED) is 0.551. The lowest BCUT2D eigenvalue weighted by molar-refractivity contribution is 0.614. The number of nitrogens with one attached hydrogen (secondary N) is 1. The molecule has 0 spiro atoms. The summed E-state index contributed by atoms with van der Waals surface area (Å²) in [6.07, 6.45) is 4.70. The van der Waals surface area contributed by atoms with Gasteiger partial charge in [-0.1, -0.05) is 12.1 Å². The number of halogens is 1. The Kier molecular flexibility index (Phi) is 5.03. The second-order valence-corrected chi connectivity index (χ2v) is 7.46. The number of nitrogens with zero attached hydrogens (tertiary/aromatic N) is 3. The van der Waals surface area contributed by atoms with Gasteiger partial charge in [0.2, 0.25) is 0 Å². The van der Waals surface area contributed by atoms with Crippen molar-refractivity contribution in [2.45, 2.75) is 19.9 Å². The number of pyridine rings is 2. The van der Waals surface area contributed by atoms with Crippen molar-refractivity contribution in [3.05, 3.63) is 82.0 Å². The van der Waals surface area contributed by atoms with Crippen molar-refractivity contribution in [2.75, 3.05) is 6.54 Å². The minimum Gasteiger partial charge on any atom is -0.346 e. The van der Waals surface area contributed by atoms with Crippen LogP contribution in [0.4, 0.5) is 0 Å². The number of hydrogen-bond donors (Lipinski definition) is 1. The number of aromatic nitrogens is 3. The average Bonchev–Trinajstić information content (AvgIpc) is 3.01. The molecule has 1 N–H and O–H groups in total. The second-order valence-electron chi connectivity index (χ2n) is 7.46. The van der Waals surface area contributed by atoms with E-state index >= 15 is 0 Å². The van der Waals surface area contributed by atoms with Gasteiger partial charge in [-0.2, -0.15) is 0 Å². The van der Waals surface area contributed by atoms with E-state index in [0.29, 0.717) is 0 Å². The van der Waals surface area contributed by atoms with E-state index in [0.717, 1.165) is 42.0 Å². The number of rotatable bonds is 2. The summed E-state index contributed by atoms with van der Waals surface area (Å²) >= 11 is 0. The summed E-state index contributed by atoms with van der Waals surface area (Å²) in [7, 11) is 2.10. The predicted molar refractivity (Wildman–Crippen MR) is 119 cm³/mol. The van der Waals surface area contributed by atoms with E-state index in [1.807, 2.05) is 43.6 Å². The highest BCUT2D eigenvalue weighted by Gasteiger charge is 2.18. The third kappa shape index (κ3) is 3.26. The van der Waals surface area contributed by atoms with Crippen molar-refractivity contribution in [3.63, 3.8) is 0 Å². The van der Waals surface area contributed by atoms with Crippen molar-refractivity contribution >= 4 is 23.3 Å². The Hall–Kier alpha value is -2.89. The molecular formula is C23H23ClN4O. The van der Waals surface area contributed by atoms with Crippen LogP contribution < -0.4 is 10.9 Å². The normalized spacial score (nSPS) is 13.2. The SMILES string of the molecule is Cc1ccc(-c2ccn(-c3ccc4c5c(n(C)c4c3)CNCC5)c(=O)c2)nc1.Cl. The first kappa shape index (κ1) is 19.4. The molecule has 0 bridgehead atoms. The predicted octanol–water partition coefficient (Wildman–Crippen LogP) is 3.77. The molecule has 29 heavy (non-hydrogen) atoms. The molecule has 148 valence electrons. The van der Waals surface area contributed by atoms with Gasteiger partial charge in [0.15, 0.2) is 0 Å². The molecular weight excluding hydrogens is 384 g/mol. The largest absolute Gasteiger partial charge is 0.346 e. The highest BCUT2D eigenvalue weighted by atomic mass is 35.5. The zero-order chi connectivity index (χ0) is 19.3. The molecule has 0 amide bonds. The summed E-state index contributed by atoms with van der Waals surface area (Å²) in [6.45, 7) is 3.91. The molecule has 6 heteroatoms. The summed E-state index contributed by atoms with van der Waals surface area (Å²) in [6, 6.07) is 13.9. The Bertz CT molecular complexity index is 1250. The Morgan fingerprint density at radius 1 is 1.10 bits per heavy atom. The minimum atomic E-state index is -0.0557. The summed E-state index contributed by atoms with van der Waals surface area (Å²) in [5, 5.41) is 4.73. The van der Waals surface area contributed by atoms with Crippen LogP contribution in [0.3, 0.4) is 0 Å². The fourth-order valence-electron chi connectivity index (χ4n) is 4.12. The monoisotopic (exact) mass is 406 g/mol. The Morgan fingerprint density at radius 2 is 1.97 bits per heavy atom. The molecule has 0 aliphatic carbocycles. The zero-order valence-corrected chi connectivity index (χ0v) is 17.3. The Morgan fingerprint density at radius 3 is 2.72 bits per heavy atom. The molecule has 5 rings (SSSR count). The van der Waals surface area contributed by atoms with E-state index in [2.05, 4.69) is 34.0 Å². The van der Waals surface area contributed by atoms with Crippen LogP contribution in [0.15, 0.2) is 59.7 Å². The molecule has 4 aromatic rings. The highest BCUT2D eigenvalue weighted by Crippen LogP contribution is 2.29. The van der Waals surface area contributed by atoms with Gasteiger partial charge < -0.3 is 9.88 Å². The smallest absolute Gasteiger partial charge is 0.255 e. The van der Waals surface area contributed by atoms with Gasteiger partial charge in [-0.25, -0.2) is 0 Å². The number of aryl methyl sites for hydroxylation is 2. The summed E-state index contributed by atoms with van der Waals surface area (Å²) in [5.74, 6) is 0. The standard InChI is InChI=1S/C23H22N4O.ClH/c1-15-3-6-20(25-13-15)16-8-10-27(23(28)11-16)17-4-5-18-19-7-9-24-14-22(19)26(2)21(18)12-17;/h3-6,8,10-13,24H,7,9,14H2,1-2H3;1H. The molecule has 0 saturated carbocycles. The van der Waals surface area contributed by atoms with Crippen LogP contribution in [0.1, 0.15) is 16.8 Å². The first-order chi connectivity index (χ1) is 13.6. The summed E-state index contributed by atoms with van der Waals surface area (Å²) < 4.78 is 3.94. The van der Waals surface area contributed by atoms with Gasteiger partial charge in [0.1, 0.15) is 0 Å². The Balaban J connectivity index is 0.00000205. The van der Waals surface area contributed by atoms with Gasteiger partial charge in [0.25, 0.3) is 5.56 Å². The number of fused-ring (bicyclic) bond motifs is 3. The van der Waals surface area contributed by atoms with Gasteiger partial charge in [-0.05, 0) is 55.3 Å². The van der Waals surface area contributed by atoms with Gasteiger partial charge >= 0.3 is 0 Å². The van der Waals surface area contributed by atoms with Crippen LogP contribution in [-0.4, -0.2) is 20.7 Å². The van der Waals surface area contributed by atoms with Crippen molar-refractivity contribution in [1.82, 2.24) is 19.4 Å². The van der Waals surface area contributed by atoms with Crippen LogP contribution in [0.25, 0.3) is 27.8 Å². The Labute approximate surface area is 175 Å². The van der Waals surface area contributed by atoms with E-state index in [1.54, 1.807) is 10.6 Å². The molecule has 1 aliphatic rings. The average molecular weight is 407 g/mol. The van der Waals surface area contributed by atoms with E-state index in [1.165, 1.54) is 22.2 Å². The molecule has 3 aromatic heterocycles. The molecule has 0 radical (unpaired) electrons. The van der Waals surface area contributed by atoms with Crippen molar-refractivity contribution in [3.8, 4) is 16.9 Å². The lowest BCUT2D eigenvalue weighted by atomic mass is 10.0. The van der Waals surface area contributed by atoms with Gasteiger partial charge in [0, 0.05) is 48.7 Å². The maximum Gasteiger partial charge on any atom is 0.255 e. The number of benzene rings is 1. The van der Waals surface area contributed by atoms with Crippen molar-refractivity contribution < 1.29 is 0 Å². The molecule has 0 atom stereocenters. The molecule has 4 heterocycles. The molecule has 0 unspecified atom stereocenters. The zero-order valence-electron chi connectivity index (χ0n) is 16.5. The fraction of sp³-hybridized carbons (Fsp3) is 0.217. The molecule has 0 saturated heterocycles. The van der Waals surface area contributed by atoms with Crippen molar-refractivity contribution in [1.29, 1.82) is 0 Å². The lowest BCUT2D eigenvalue weighted by Crippen LogP contribution is -2.24. The molecule has 0 fully saturated rings. The van der Waals surface area contributed by atoms with Gasteiger partial charge in [-0.3, -0.25) is 14.3 Å². The van der Waals surface area contributed by atoms with Crippen LogP contribution in [0.5, 0.6) is 0 Å². The van der Waals surface area contributed by atoms with Crippen LogP contribution in [0, 0.1) is 6.92 Å². The third-order valence-corrected chi connectivity index (χ3v) is 5.67. The second kappa shape index (κ2) is 7.50. The van der Waals surface area contributed by atoms with Crippen LogP contribution in [0.2, 0.25) is 0 Å². The number of hydrogen-bond acceptors (Lipinski definition) is 3. The molecule has 1 aliphatic heterocycles. The van der Waals surface area contributed by atoms with E-state index in [-0.39, 0.29) is 18.0 Å². The maximum atomic E-state index is 12.8. The topological polar surface area (TPSA) is 51.9 Å². The minimum absolute atomic E-state index is 0. The van der Waals surface area contributed by atoms with E-state index < -0.39 is 0 Å². The van der Waals surface area contributed by atoms with E-state index in [9.17, 15) is 4.79 Å². The molecule has 1 aromatic carbocycles. The fourth-order valence-corrected chi connectivity index (χ4v) is 4.12. The highest BCUT2D eigenvalue weighted by molar-refractivity contribution is 5.87. The third-order valence-electron chi connectivity index (χ3n) is 5.67. The van der Waals surface area contributed by atoms with Gasteiger partial charge in [0.05, 0.1) is 16.9 Å². The maximum absolute atomic E-state index is 12.8. The van der Waals surface area contributed by atoms with Crippen molar-refractivity contribution in [2.24, 2.45) is 7.05 Å². The van der Waals surface area contributed by atoms with Gasteiger partial charge in [-0.15, -0.1) is 12.4 Å².